The topological polar surface area (TPSA) is 53.3 Å². The van der Waals surface area contributed by atoms with E-state index in [-0.39, 0.29) is 5.91 Å². The average molecular weight is 427 g/mol. The van der Waals surface area contributed by atoms with Crippen molar-refractivity contribution < 1.29 is 9.53 Å². The monoisotopic (exact) mass is 426 g/mol. The van der Waals surface area contributed by atoms with Crippen LogP contribution in [0.4, 0.5) is 0 Å². The molecule has 0 radical (unpaired) electrons. The largest absolute Gasteiger partial charge is 0.496 e. The summed E-state index contributed by atoms with van der Waals surface area (Å²) in [6, 6.07) is 24.5. The molecule has 1 fully saturated rings. The van der Waals surface area contributed by atoms with Gasteiger partial charge < -0.3 is 9.64 Å². The summed E-state index contributed by atoms with van der Waals surface area (Å²) in [5.74, 6) is 0.131. The van der Waals surface area contributed by atoms with E-state index in [4.69, 9.17) is 4.74 Å². The first-order valence-electron chi connectivity index (χ1n) is 11.4. The summed E-state index contributed by atoms with van der Waals surface area (Å²) < 4.78 is 5.71. The lowest BCUT2D eigenvalue weighted by atomic mass is 9.68. The second-order valence-electron chi connectivity index (χ2n) is 8.76. The molecular formula is C28H30N2O2. The van der Waals surface area contributed by atoms with Crippen molar-refractivity contribution in [1.29, 1.82) is 5.26 Å². The summed E-state index contributed by atoms with van der Waals surface area (Å²) >= 11 is 0. The Morgan fingerprint density at radius 3 is 2.28 bits per heavy atom. The number of ether oxygens (including phenoxy) is 1. The van der Waals surface area contributed by atoms with E-state index in [9.17, 15) is 10.1 Å². The molecular weight excluding hydrogens is 396 g/mol. The van der Waals surface area contributed by atoms with Crippen LogP contribution in [0.15, 0.2) is 66.7 Å². The van der Waals surface area contributed by atoms with Gasteiger partial charge in [0.05, 0.1) is 13.2 Å². The lowest BCUT2D eigenvalue weighted by Crippen LogP contribution is -2.45. The Hall–Kier alpha value is -3.32. The number of nitriles is 1. The number of likely N-dealkylation sites (tertiary alicyclic amines) is 1. The maximum atomic E-state index is 14.0. The molecule has 0 saturated carbocycles. The zero-order valence-electron chi connectivity index (χ0n) is 18.9. The number of para-hydroxylation sites is 1. The molecule has 1 saturated heterocycles. The van der Waals surface area contributed by atoms with Crippen molar-refractivity contribution in [2.24, 2.45) is 5.41 Å². The number of rotatable bonds is 5. The normalized spacial score (nSPS) is 17.1. The van der Waals surface area contributed by atoms with Crippen LogP contribution in [0.3, 0.4) is 0 Å². The first-order chi connectivity index (χ1) is 15.6. The van der Waals surface area contributed by atoms with Crippen molar-refractivity contribution in [3.8, 4) is 11.8 Å². The van der Waals surface area contributed by atoms with Crippen molar-refractivity contribution in [2.75, 3.05) is 20.2 Å². The highest BCUT2D eigenvalue weighted by Gasteiger charge is 2.47. The van der Waals surface area contributed by atoms with Crippen LogP contribution in [-0.4, -0.2) is 31.0 Å². The van der Waals surface area contributed by atoms with Crippen molar-refractivity contribution >= 4 is 16.7 Å². The van der Waals surface area contributed by atoms with Gasteiger partial charge >= 0.3 is 0 Å². The van der Waals surface area contributed by atoms with Gasteiger partial charge in [0, 0.05) is 24.6 Å². The fourth-order valence-electron chi connectivity index (χ4n) is 5.03. The molecule has 2 atom stereocenters. The summed E-state index contributed by atoms with van der Waals surface area (Å²) in [4.78, 5) is 15.9. The molecule has 2 unspecified atom stereocenters. The van der Waals surface area contributed by atoms with Crippen LogP contribution in [0.25, 0.3) is 10.8 Å². The van der Waals surface area contributed by atoms with Gasteiger partial charge in [0.15, 0.2) is 0 Å². The van der Waals surface area contributed by atoms with Crippen LogP contribution in [0.2, 0.25) is 0 Å². The summed E-state index contributed by atoms with van der Waals surface area (Å²) in [5.41, 5.74) is 0.557. The molecule has 32 heavy (non-hydrogen) atoms. The van der Waals surface area contributed by atoms with Gasteiger partial charge in [-0.3, -0.25) is 4.79 Å². The molecule has 0 aliphatic carbocycles. The molecule has 4 nitrogen and oxygen atoms in total. The number of nitrogens with zero attached hydrogens (tertiary/aromatic N) is 2. The van der Waals surface area contributed by atoms with Gasteiger partial charge in [-0.1, -0.05) is 73.5 Å². The number of amides is 1. The van der Waals surface area contributed by atoms with Gasteiger partial charge in [0.1, 0.15) is 11.2 Å². The maximum absolute atomic E-state index is 14.0. The number of fused-ring (bicyclic) bond motifs is 1. The lowest BCUT2D eigenvalue weighted by Gasteiger charge is -2.36. The number of benzene rings is 3. The van der Waals surface area contributed by atoms with Crippen molar-refractivity contribution in [1.82, 2.24) is 4.90 Å². The highest BCUT2D eigenvalue weighted by Crippen LogP contribution is 2.47. The third kappa shape index (κ3) is 3.96. The van der Waals surface area contributed by atoms with E-state index in [1.807, 2.05) is 53.4 Å². The molecule has 0 aromatic heterocycles. The van der Waals surface area contributed by atoms with Gasteiger partial charge in [-0.05, 0) is 42.2 Å². The van der Waals surface area contributed by atoms with Crippen molar-refractivity contribution in [3.63, 3.8) is 0 Å². The smallest absolute Gasteiger partial charge is 0.243 e. The zero-order valence-corrected chi connectivity index (χ0v) is 18.9. The van der Waals surface area contributed by atoms with E-state index in [2.05, 4.69) is 24.3 Å². The van der Waals surface area contributed by atoms with Gasteiger partial charge in [-0.15, -0.1) is 0 Å². The SMILES string of the molecule is COc1ccccc1C(c1cccc2ccccc12)C(C)(C#N)C(=O)N1CCCCCC1. The van der Waals surface area contributed by atoms with E-state index in [0.717, 1.165) is 47.6 Å². The van der Waals surface area contributed by atoms with Crippen LogP contribution >= 0.6 is 0 Å². The minimum atomic E-state index is -1.27. The third-order valence-corrected chi connectivity index (χ3v) is 6.73. The molecule has 4 rings (SSSR count). The fraction of sp³-hybridized carbons (Fsp3) is 0.357. The second kappa shape index (κ2) is 9.44. The number of hydrogen-bond donors (Lipinski definition) is 0. The van der Waals surface area contributed by atoms with Gasteiger partial charge in [0.2, 0.25) is 5.91 Å². The van der Waals surface area contributed by atoms with Crippen LogP contribution in [0, 0.1) is 16.7 Å². The molecule has 1 heterocycles. The quantitative estimate of drug-likeness (QED) is 0.509. The number of carbonyl (C=O) groups is 1. The Labute approximate surface area is 190 Å². The van der Waals surface area contributed by atoms with E-state index < -0.39 is 11.3 Å². The van der Waals surface area contributed by atoms with Crippen LogP contribution < -0.4 is 4.74 Å². The van der Waals surface area contributed by atoms with Crippen molar-refractivity contribution in [3.05, 3.63) is 77.9 Å². The highest BCUT2D eigenvalue weighted by molar-refractivity contribution is 5.91. The minimum Gasteiger partial charge on any atom is -0.496 e. The maximum Gasteiger partial charge on any atom is 0.243 e. The Kier molecular flexibility index (Phi) is 6.46. The number of methoxy groups -OCH3 is 1. The predicted octanol–water partition coefficient (Wildman–Crippen LogP) is 5.91. The highest BCUT2D eigenvalue weighted by atomic mass is 16.5. The molecule has 0 bridgehead atoms. The first-order valence-corrected chi connectivity index (χ1v) is 11.4. The Bertz CT molecular complexity index is 1140. The van der Waals surface area contributed by atoms with E-state index in [0.29, 0.717) is 18.8 Å². The predicted molar refractivity (Wildman–Crippen MR) is 128 cm³/mol. The van der Waals surface area contributed by atoms with E-state index >= 15 is 0 Å². The summed E-state index contributed by atoms with van der Waals surface area (Å²) in [6.45, 7) is 3.23. The molecule has 0 spiro atoms. The Balaban J connectivity index is 1.94. The summed E-state index contributed by atoms with van der Waals surface area (Å²) in [5, 5.41) is 12.7. The molecule has 164 valence electrons. The molecule has 1 aliphatic rings. The van der Waals surface area contributed by atoms with Gasteiger partial charge in [-0.2, -0.15) is 5.26 Å². The van der Waals surface area contributed by atoms with Crippen LogP contribution in [0.1, 0.15) is 49.7 Å². The van der Waals surface area contributed by atoms with E-state index in [1.54, 1.807) is 14.0 Å². The Morgan fingerprint density at radius 2 is 1.56 bits per heavy atom. The minimum absolute atomic E-state index is 0.0919. The average Bonchev–Trinajstić information content (AvgIpc) is 3.13. The standard InChI is InChI=1S/C28H30N2O2/c1-28(20-29,27(31)30-18-9-3-4-10-19-30)26(24-15-7-8-17-25(24)32-2)23-16-11-13-21-12-5-6-14-22(21)23/h5-8,11-17,26H,3-4,9-10,18-19H2,1-2H3. The fourth-order valence-corrected chi connectivity index (χ4v) is 5.03. The first kappa shape index (κ1) is 21.9. The molecule has 1 aliphatic heterocycles. The molecule has 0 N–H and O–H groups in total. The molecule has 1 amide bonds. The van der Waals surface area contributed by atoms with Gasteiger partial charge in [0.25, 0.3) is 0 Å². The number of hydrogen-bond acceptors (Lipinski definition) is 3. The lowest BCUT2D eigenvalue weighted by molar-refractivity contribution is -0.138. The van der Waals surface area contributed by atoms with Crippen LogP contribution in [-0.2, 0) is 4.79 Å². The van der Waals surface area contributed by atoms with Crippen LogP contribution in [0.5, 0.6) is 5.75 Å². The Morgan fingerprint density at radius 1 is 0.938 bits per heavy atom. The molecule has 4 heteroatoms. The summed E-state index contributed by atoms with van der Waals surface area (Å²) in [7, 11) is 1.64. The number of carbonyl (C=O) groups excluding carboxylic acids is 1. The summed E-state index contributed by atoms with van der Waals surface area (Å²) in [6.07, 6.45) is 4.24. The molecule has 3 aromatic rings. The van der Waals surface area contributed by atoms with Crippen molar-refractivity contribution in [2.45, 2.75) is 38.5 Å². The molecule has 3 aromatic carbocycles. The zero-order chi connectivity index (χ0) is 22.6. The van der Waals surface area contributed by atoms with Gasteiger partial charge in [-0.25, -0.2) is 0 Å². The second-order valence-corrected chi connectivity index (χ2v) is 8.76. The van der Waals surface area contributed by atoms with E-state index in [1.165, 1.54) is 0 Å². The third-order valence-electron chi connectivity index (χ3n) is 6.73.